The van der Waals surface area contributed by atoms with Crippen molar-refractivity contribution in [2.75, 3.05) is 5.32 Å². The van der Waals surface area contributed by atoms with Crippen LogP contribution in [0.5, 0.6) is 0 Å². The second-order valence-electron chi connectivity index (χ2n) is 5.79. The van der Waals surface area contributed by atoms with Crippen LogP contribution < -0.4 is 10.6 Å². The molecule has 0 atom stereocenters. The maximum atomic E-state index is 12.2. The highest BCUT2D eigenvalue weighted by molar-refractivity contribution is 6.06. The van der Waals surface area contributed by atoms with Crippen LogP contribution in [0.15, 0.2) is 36.0 Å². The number of benzene rings is 1. The van der Waals surface area contributed by atoms with E-state index in [0.717, 1.165) is 24.1 Å². The molecule has 2 rings (SSSR count). The lowest BCUT2D eigenvalue weighted by Gasteiger charge is -2.14. The molecule has 116 valence electrons. The Balaban J connectivity index is 1.98. The molecule has 0 heterocycles. The van der Waals surface area contributed by atoms with Crippen LogP contribution in [0.25, 0.3) is 0 Å². The number of carbonyl (C=O) groups is 1. The Morgan fingerprint density at radius 2 is 1.91 bits per heavy atom. The molecule has 1 saturated carbocycles. The first kappa shape index (κ1) is 16.1. The zero-order chi connectivity index (χ0) is 15.8. The molecule has 22 heavy (non-hydrogen) atoms. The van der Waals surface area contributed by atoms with Gasteiger partial charge in [0.25, 0.3) is 5.91 Å². The highest BCUT2D eigenvalue weighted by Crippen LogP contribution is 2.17. The van der Waals surface area contributed by atoms with Crippen LogP contribution in [-0.2, 0) is 4.79 Å². The first-order valence-electron chi connectivity index (χ1n) is 7.94. The minimum absolute atomic E-state index is 0.118. The normalized spacial score (nSPS) is 16.5. The Hall–Kier alpha value is -2.28. The molecule has 0 aromatic heterocycles. The van der Waals surface area contributed by atoms with Crippen LogP contribution in [0.3, 0.4) is 0 Å². The number of hydrogen-bond donors (Lipinski definition) is 2. The summed E-state index contributed by atoms with van der Waals surface area (Å²) >= 11 is 0. The molecule has 0 saturated heterocycles. The van der Waals surface area contributed by atoms with Crippen molar-refractivity contribution in [3.05, 3.63) is 41.6 Å². The third-order valence-electron chi connectivity index (χ3n) is 4.08. The Morgan fingerprint density at radius 1 is 1.23 bits per heavy atom. The smallest absolute Gasteiger partial charge is 0.267 e. The summed E-state index contributed by atoms with van der Waals surface area (Å²) in [6.45, 7) is 1.93. The zero-order valence-corrected chi connectivity index (χ0v) is 13.1. The summed E-state index contributed by atoms with van der Waals surface area (Å²) in [4.78, 5) is 12.2. The first-order valence-corrected chi connectivity index (χ1v) is 7.94. The molecule has 4 nitrogen and oxygen atoms in total. The number of nitrogens with zero attached hydrogens (tertiary/aromatic N) is 1. The van der Waals surface area contributed by atoms with Crippen molar-refractivity contribution in [2.24, 2.45) is 0 Å². The van der Waals surface area contributed by atoms with E-state index in [4.69, 9.17) is 0 Å². The summed E-state index contributed by atoms with van der Waals surface area (Å²) in [6.07, 6.45) is 8.76. The lowest BCUT2D eigenvalue weighted by Crippen LogP contribution is -2.25. The average Bonchev–Trinajstić information content (AvgIpc) is 2.79. The molecule has 4 heteroatoms. The topological polar surface area (TPSA) is 64.9 Å². The van der Waals surface area contributed by atoms with Gasteiger partial charge >= 0.3 is 0 Å². The van der Waals surface area contributed by atoms with Crippen molar-refractivity contribution in [3.63, 3.8) is 0 Å². The third-order valence-corrected chi connectivity index (χ3v) is 4.08. The van der Waals surface area contributed by atoms with Gasteiger partial charge in [0.2, 0.25) is 0 Å². The van der Waals surface area contributed by atoms with Crippen molar-refractivity contribution in [3.8, 4) is 6.07 Å². The average molecular weight is 297 g/mol. The molecule has 1 aromatic carbocycles. The minimum atomic E-state index is -0.363. The Morgan fingerprint density at radius 3 is 2.55 bits per heavy atom. The number of para-hydroxylation sites is 1. The van der Waals surface area contributed by atoms with Gasteiger partial charge in [0, 0.05) is 17.9 Å². The van der Waals surface area contributed by atoms with E-state index in [1.165, 1.54) is 25.7 Å². The molecule has 1 aliphatic rings. The van der Waals surface area contributed by atoms with Crippen LogP contribution in [0.2, 0.25) is 0 Å². The summed E-state index contributed by atoms with van der Waals surface area (Å²) in [6, 6.07) is 9.90. The summed E-state index contributed by atoms with van der Waals surface area (Å²) in [5.74, 6) is -0.363. The highest BCUT2D eigenvalue weighted by atomic mass is 16.1. The van der Waals surface area contributed by atoms with E-state index in [1.807, 2.05) is 37.3 Å². The van der Waals surface area contributed by atoms with Gasteiger partial charge in [-0.2, -0.15) is 5.26 Å². The SMILES string of the molecule is Cc1ccccc1NC(=O)/C(C#N)=C\NC1CCCCCC1. The van der Waals surface area contributed by atoms with Crippen LogP contribution in [-0.4, -0.2) is 11.9 Å². The fourth-order valence-electron chi connectivity index (χ4n) is 2.70. The molecule has 0 spiro atoms. The Bertz CT molecular complexity index is 578. The largest absolute Gasteiger partial charge is 0.387 e. The van der Waals surface area contributed by atoms with E-state index >= 15 is 0 Å². The predicted molar refractivity (Wildman–Crippen MR) is 88.1 cm³/mol. The van der Waals surface area contributed by atoms with Crippen molar-refractivity contribution in [1.29, 1.82) is 5.26 Å². The Labute approximate surface area is 132 Å². The second kappa shape index (κ2) is 8.23. The van der Waals surface area contributed by atoms with E-state index in [9.17, 15) is 10.1 Å². The van der Waals surface area contributed by atoms with Gasteiger partial charge in [0.1, 0.15) is 11.6 Å². The molecule has 0 unspecified atom stereocenters. The lowest BCUT2D eigenvalue weighted by molar-refractivity contribution is -0.112. The molecule has 1 aliphatic carbocycles. The minimum Gasteiger partial charge on any atom is -0.387 e. The first-order chi connectivity index (χ1) is 10.7. The van der Waals surface area contributed by atoms with Gasteiger partial charge in [0.05, 0.1) is 0 Å². The van der Waals surface area contributed by atoms with Gasteiger partial charge < -0.3 is 10.6 Å². The van der Waals surface area contributed by atoms with E-state index < -0.39 is 0 Å². The monoisotopic (exact) mass is 297 g/mol. The van der Waals surface area contributed by atoms with Crippen molar-refractivity contribution < 1.29 is 4.79 Å². The second-order valence-corrected chi connectivity index (χ2v) is 5.79. The van der Waals surface area contributed by atoms with Gasteiger partial charge in [-0.25, -0.2) is 0 Å². The maximum Gasteiger partial charge on any atom is 0.267 e. The maximum absolute atomic E-state index is 12.2. The van der Waals surface area contributed by atoms with Crippen molar-refractivity contribution in [2.45, 2.75) is 51.5 Å². The van der Waals surface area contributed by atoms with Crippen molar-refractivity contribution in [1.82, 2.24) is 5.32 Å². The van der Waals surface area contributed by atoms with Gasteiger partial charge in [-0.05, 0) is 31.4 Å². The number of aryl methyl sites for hydroxylation is 1. The fraction of sp³-hybridized carbons (Fsp3) is 0.444. The number of rotatable bonds is 4. The van der Waals surface area contributed by atoms with Gasteiger partial charge in [0.15, 0.2) is 0 Å². The molecule has 1 fully saturated rings. The summed E-state index contributed by atoms with van der Waals surface area (Å²) in [7, 11) is 0. The molecular formula is C18H23N3O. The van der Waals surface area contributed by atoms with Crippen LogP contribution in [0.4, 0.5) is 5.69 Å². The molecule has 1 aromatic rings. The van der Waals surface area contributed by atoms with E-state index in [2.05, 4.69) is 10.6 Å². The number of hydrogen-bond acceptors (Lipinski definition) is 3. The molecule has 0 radical (unpaired) electrons. The molecule has 0 aliphatic heterocycles. The third kappa shape index (κ3) is 4.63. The Kier molecular flexibility index (Phi) is 6.02. The predicted octanol–water partition coefficient (Wildman–Crippen LogP) is 3.65. The summed E-state index contributed by atoms with van der Waals surface area (Å²) < 4.78 is 0. The van der Waals surface area contributed by atoms with E-state index in [-0.39, 0.29) is 11.5 Å². The fourth-order valence-corrected chi connectivity index (χ4v) is 2.70. The highest BCUT2D eigenvalue weighted by Gasteiger charge is 2.13. The van der Waals surface area contributed by atoms with Gasteiger partial charge in [-0.3, -0.25) is 4.79 Å². The van der Waals surface area contributed by atoms with E-state index in [0.29, 0.717) is 6.04 Å². The van der Waals surface area contributed by atoms with Crippen LogP contribution in [0.1, 0.15) is 44.1 Å². The molecule has 2 N–H and O–H groups in total. The van der Waals surface area contributed by atoms with Crippen LogP contribution in [0, 0.1) is 18.3 Å². The van der Waals surface area contributed by atoms with Gasteiger partial charge in [-0.15, -0.1) is 0 Å². The number of amides is 1. The van der Waals surface area contributed by atoms with E-state index in [1.54, 1.807) is 6.20 Å². The number of nitrogens with one attached hydrogen (secondary N) is 2. The number of nitriles is 1. The van der Waals surface area contributed by atoms with Gasteiger partial charge in [-0.1, -0.05) is 43.9 Å². The number of anilines is 1. The standard InChI is InChI=1S/C18H23N3O/c1-14-8-6-7-11-17(14)21-18(22)15(12-19)13-20-16-9-4-2-3-5-10-16/h6-8,11,13,16,20H,2-5,9-10H2,1H3,(H,21,22)/b15-13-. The molecule has 1 amide bonds. The zero-order valence-electron chi connectivity index (χ0n) is 13.1. The lowest BCUT2D eigenvalue weighted by atomic mass is 10.1. The number of carbonyl (C=O) groups excluding carboxylic acids is 1. The quantitative estimate of drug-likeness (QED) is 0.506. The van der Waals surface area contributed by atoms with Crippen molar-refractivity contribution >= 4 is 11.6 Å². The summed E-state index contributed by atoms with van der Waals surface area (Å²) in [5, 5.41) is 15.2. The van der Waals surface area contributed by atoms with Crippen LogP contribution >= 0.6 is 0 Å². The summed E-state index contributed by atoms with van der Waals surface area (Å²) in [5.41, 5.74) is 1.83. The molecular weight excluding hydrogens is 274 g/mol. The molecule has 0 bridgehead atoms.